The molecule has 12 heavy (non-hydrogen) atoms. The predicted octanol–water partition coefficient (Wildman–Crippen LogP) is 1.06. The summed E-state index contributed by atoms with van der Waals surface area (Å²) < 4.78 is 0. The van der Waals surface area contributed by atoms with Gasteiger partial charge in [-0.15, -0.1) is 0 Å². The third-order valence-electron chi connectivity index (χ3n) is 1.29. The maximum atomic E-state index is 10.6. The summed E-state index contributed by atoms with van der Waals surface area (Å²) in [5.41, 5.74) is 0.211. The summed E-state index contributed by atoms with van der Waals surface area (Å²) in [6.45, 7) is 1.32. The van der Waals surface area contributed by atoms with Crippen molar-refractivity contribution in [1.29, 1.82) is 0 Å². The zero-order valence-electron chi connectivity index (χ0n) is 6.53. The van der Waals surface area contributed by atoms with Gasteiger partial charge >= 0.3 is 0 Å². The Morgan fingerprint density at radius 1 is 1.42 bits per heavy atom. The topological polar surface area (TPSA) is 69.6 Å². The van der Waals surface area contributed by atoms with Gasteiger partial charge in [-0.1, -0.05) is 0 Å². The lowest BCUT2D eigenvalue weighted by atomic mass is 10.2. The monoisotopic (exact) mass is 167 g/mol. The normalized spacial score (nSPS) is 9.42. The summed E-state index contributed by atoms with van der Waals surface area (Å²) in [6.07, 6.45) is 0. The van der Waals surface area contributed by atoms with Gasteiger partial charge in [0.15, 0.2) is 0 Å². The molecule has 4 heteroatoms. The summed E-state index contributed by atoms with van der Waals surface area (Å²) in [5.74, 6) is -0.365. The van der Waals surface area contributed by atoms with Gasteiger partial charge in [-0.3, -0.25) is 4.79 Å². The number of anilines is 1. The largest absolute Gasteiger partial charge is 0.508 e. The Balaban J connectivity index is 2.97. The number of phenolic OH excluding ortho intramolecular Hbond substituents is 2. The molecule has 1 amide bonds. The molecule has 0 heterocycles. The SMILES string of the molecule is CC(=O)Nc1cc(O)ccc1O. The molecule has 3 N–H and O–H groups in total. The lowest BCUT2D eigenvalue weighted by Gasteiger charge is -2.04. The lowest BCUT2D eigenvalue weighted by molar-refractivity contribution is -0.114. The number of benzene rings is 1. The van der Waals surface area contributed by atoms with Gasteiger partial charge in [0.05, 0.1) is 5.69 Å². The second-order valence-electron chi connectivity index (χ2n) is 2.38. The number of amides is 1. The molecule has 0 saturated heterocycles. The number of rotatable bonds is 1. The van der Waals surface area contributed by atoms with Crippen LogP contribution in [0.15, 0.2) is 18.2 Å². The van der Waals surface area contributed by atoms with E-state index in [1.165, 1.54) is 25.1 Å². The molecule has 64 valence electrons. The molecule has 4 nitrogen and oxygen atoms in total. The van der Waals surface area contributed by atoms with Crippen molar-refractivity contribution >= 4 is 11.6 Å². The fourth-order valence-corrected chi connectivity index (χ4v) is 0.814. The van der Waals surface area contributed by atoms with E-state index in [4.69, 9.17) is 10.2 Å². The van der Waals surface area contributed by atoms with Crippen LogP contribution in [0, 0.1) is 0 Å². The van der Waals surface area contributed by atoms with E-state index in [0.29, 0.717) is 0 Å². The molecule has 0 aliphatic carbocycles. The molecule has 0 saturated carbocycles. The fraction of sp³-hybridized carbons (Fsp3) is 0.125. The van der Waals surface area contributed by atoms with E-state index in [-0.39, 0.29) is 23.1 Å². The van der Waals surface area contributed by atoms with Crippen molar-refractivity contribution in [2.24, 2.45) is 0 Å². The number of carbonyl (C=O) groups is 1. The number of hydrogen-bond acceptors (Lipinski definition) is 3. The number of phenols is 2. The Hall–Kier alpha value is -1.71. The molecular formula is C8H9NO3. The number of aromatic hydroxyl groups is 2. The van der Waals surface area contributed by atoms with Gasteiger partial charge in [-0.25, -0.2) is 0 Å². The van der Waals surface area contributed by atoms with E-state index in [0.717, 1.165) is 0 Å². The molecule has 0 bridgehead atoms. The maximum Gasteiger partial charge on any atom is 0.221 e. The van der Waals surface area contributed by atoms with Crippen LogP contribution < -0.4 is 5.32 Å². The molecule has 0 unspecified atom stereocenters. The maximum absolute atomic E-state index is 10.6. The van der Waals surface area contributed by atoms with Gasteiger partial charge < -0.3 is 15.5 Å². The van der Waals surface area contributed by atoms with Crippen LogP contribution in [0.1, 0.15) is 6.92 Å². The van der Waals surface area contributed by atoms with E-state index in [2.05, 4.69) is 5.32 Å². The number of carbonyl (C=O) groups excluding carboxylic acids is 1. The minimum atomic E-state index is -0.295. The zero-order valence-corrected chi connectivity index (χ0v) is 6.53. The molecule has 1 aromatic carbocycles. The third-order valence-corrected chi connectivity index (χ3v) is 1.29. The highest BCUT2D eigenvalue weighted by atomic mass is 16.3. The molecule has 0 spiro atoms. The first-order chi connectivity index (χ1) is 5.59. The zero-order chi connectivity index (χ0) is 9.14. The van der Waals surface area contributed by atoms with E-state index in [9.17, 15) is 4.79 Å². The standard InChI is InChI=1S/C8H9NO3/c1-5(10)9-7-4-6(11)2-3-8(7)12/h2-4,11-12H,1H3,(H,9,10). The molecule has 0 aromatic heterocycles. The Labute approximate surface area is 69.5 Å². The van der Waals surface area contributed by atoms with Crippen molar-refractivity contribution in [2.75, 3.05) is 5.32 Å². The molecular weight excluding hydrogens is 158 g/mol. The van der Waals surface area contributed by atoms with E-state index in [1.807, 2.05) is 0 Å². The van der Waals surface area contributed by atoms with Crippen molar-refractivity contribution in [3.05, 3.63) is 18.2 Å². The van der Waals surface area contributed by atoms with Crippen molar-refractivity contribution in [3.8, 4) is 11.5 Å². The summed E-state index contributed by atoms with van der Waals surface area (Å²) in [5, 5.41) is 20.5. The van der Waals surface area contributed by atoms with Crippen molar-refractivity contribution < 1.29 is 15.0 Å². The first kappa shape index (κ1) is 8.39. The minimum absolute atomic E-state index is 0.00319. The number of hydrogen-bond donors (Lipinski definition) is 3. The van der Waals surface area contributed by atoms with Gasteiger partial charge in [0, 0.05) is 13.0 Å². The smallest absolute Gasteiger partial charge is 0.221 e. The molecule has 1 aromatic rings. The summed E-state index contributed by atoms with van der Waals surface area (Å²) in [6, 6.07) is 3.91. The van der Waals surface area contributed by atoms with Gasteiger partial charge in [0.1, 0.15) is 11.5 Å². The average Bonchev–Trinajstić information content (AvgIpc) is 1.96. The van der Waals surface area contributed by atoms with Crippen molar-refractivity contribution in [2.45, 2.75) is 6.92 Å². The second-order valence-corrected chi connectivity index (χ2v) is 2.38. The van der Waals surface area contributed by atoms with Crippen LogP contribution in [0.2, 0.25) is 0 Å². The highest BCUT2D eigenvalue weighted by Crippen LogP contribution is 2.26. The van der Waals surface area contributed by atoms with Crippen LogP contribution in [-0.2, 0) is 4.79 Å². The van der Waals surface area contributed by atoms with Gasteiger partial charge in [-0.2, -0.15) is 0 Å². The van der Waals surface area contributed by atoms with E-state index in [1.54, 1.807) is 0 Å². The van der Waals surface area contributed by atoms with Crippen LogP contribution in [0.25, 0.3) is 0 Å². The van der Waals surface area contributed by atoms with Crippen LogP contribution >= 0.6 is 0 Å². The van der Waals surface area contributed by atoms with Crippen LogP contribution in [0.5, 0.6) is 11.5 Å². The summed E-state index contributed by atoms with van der Waals surface area (Å²) in [4.78, 5) is 10.6. The Morgan fingerprint density at radius 2 is 2.08 bits per heavy atom. The Kier molecular flexibility index (Phi) is 2.19. The van der Waals surface area contributed by atoms with Gasteiger partial charge in [0.25, 0.3) is 0 Å². The van der Waals surface area contributed by atoms with Gasteiger partial charge in [0.2, 0.25) is 5.91 Å². The molecule has 0 fully saturated rings. The third kappa shape index (κ3) is 1.88. The quantitative estimate of drug-likeness (QED) is 0.432. The first-order valence-electron chi connectivity index (χ1n) is 3.39. The predicted molar refractivity (Wildman–Crippen MR) is 44.1 cm³/mol. The molecule has 0 aliphatic rings. The first-order valence-corrected chi connectivity index (χ1v) is 3.39. The van der Waals surface area contributed by atoms with Crippen molar-refractivity contribution in [3.63, 3.8) is 0 Å². The average molecular weight is 167 g/mol. The van der Waals surface area contributed by atoms with Crippen LogP contribution in [0.3, 0.4) is 0 Å². The number of nitrogens with one attached hydrogen (secondary N) is 1. The molecule has 0 radical (unpaired) electrons. The lowest BCUT2D eigenvalue weighted by Crippen LogP contribution is -2.05. The highest BCUT2D eigenvalue weighted by Gasteiger charge is 2.02. The fourth-order valence-electron chi connectivity index (χ4n) is 0.814. The van der Waals surface area contributed by atoms with E-state index < -0.39 is 0 Å². The Morgan fingerprint density at radius 3 is 2.67 bits per heavy atom. The Bertz CT molecular complexity index is 309. The van der Waals surface area contributed by atoms with Crippen molar-refractivity contribution in [1.82, 2.24) is 0 Å². The minimum Gasteiger partial charge on any atom is -0.508 e. The molecule has 1 rings (SSSR count). The molecule has 0 atom stereocenters. The van der Waals surface area contributed by atoms with Crippen LogP contribution in [-0.4, -0.2) is 16.1 Å². The molecule has 0 aliphatic heterocycles. The van der Waals surface area contributed by atoms with Crippen LogP contribution in [0.4, 0.5) is 5.69 Å². The van der Waals surface area contributed by atoms with E-state index >= 15 is 0 Å². The van der Waals surface area contributed by atoms with Gasteiger partial charge in [-0.05, 0) is 12.1 Å². The summed E-state index contributed by atoms with van der Waals surface area (Å²) in [7, 11) is 0. The second kappa shape index (κ2) is 3.13. The highest BCUT2D eigenvalue weighted by molar-refractivity contribution is 5.90. The summed E-state index contributed by atoms with van der Waals surface area (Å²) >= 11 is 0.